The van der Waals surface area contributed by atoms with Crippen molar-refractivity contribution in [1.82, 2.24) is 5.32 Å². The van der Waals surface area contributed by atoms with Crippen LogP contribution in [0.5, 0.6) is 0 Å². The van der Waals surface area contributed by atoms with E-state index < -0.39 is 7.49 Å². The Morgan fingerprint density at radius 1 is 0.895 bits per heavy atom. The van der Waals surface area contributed by atoms with E-state index in [1.807, 2.05) is 36.4 Å². The zero-order valence-corrected chi connectivity index (χ0v) is 11.8. The van der Waals surface area contributed by atoms with Crippen molar-refractivity contribution < 1.29 is 4.89 Å². The second-order valence-corrected chi connectivity index (χ2v) is 8.00. The van der Waals surface area contributed by atoms with Gasteiger partial charge in [-0.1, -0.05) is 36.4 Å². The van der Waals surface area contributed by atoms with E-state index in [1.165, 1.54) is 0 Å². The maximum atomic E-state index is 11.5. The van der Waals surface area contributed by atoms with Gasteiger partial charge in [0.1, 0.15) is 10.6 Å². The minimum atomic E-state index is -2.33. The quantitative estimate of drug-likeness (QED) is 0.840. The molecule has 0 unspecified atom stereocenters. The summed E-state index contributed by atoms with van der Waals surface area (Å²) >= 11 is 0. The fourth-order valence-corrected chi connectivity index (χ4v) is 6.03. The van der Waals surface area contributed by atoms with Gasteiger partial charge in [0.25, 0.3) is 0 Å². The maximum Gasteiger partial charge on any atom is 0.223 e. The lowest BCUT2D eigenvalue weighted by molar-refractivity contribution is 0.589. The molecule has 0 bridgehead atoms. The van der Waals surface area contributed by atoms with Crippen molar-refractivity contribution in [3.8, 4) is 0 Å². The van der Waals surface area contributed by atoms with Crippen LogP contribution in [0.4, 0.5) is 0 Å². The fourth-order valence-electron chi connectivity index (χ4n) is 2.80. The first-order valence-electron chi connectivity index (χ1n) is 6.78. The molecule has 0 amide bonds. The number of benzene rings is 2. The molecule has 2 aromatic rings. The smallest absolute Gasteiger partial charge is 0.223 e. The Labute approximate surface area is 114 Å². The van der Waals surface area contributed by atoms with Crippen LogP contribution < -0.4 is 15.9 Å². The van der Waals surface area contributed by atoms with Gasteiger partial charge in [0.15, 0.2) is 5.78 Å². The van der Waals surface area contributed by atoms with Crippen LogP contribution in [0, 0.1) is 0 Å². The van der Waals surface area contributed by atoms with E-state index in [-0.39, 0.29) is 5.78 Å². The van der Waals surface area contributed by atoms with Gasteiger partial charge in [-0.25, -0.2) is 4.89 Å². The van der Waals surface area contributed by atoms with Gasteiger partial charge in [-0.05, 0) is 37.2 Å². The number of hydrogen-bond donors (Lipinski definition) is 2. The van der Waals surface area contributed by atoms with Gasteiger partial charge in [0.2, 0.25) is 7.49 Å². The van der Waals surface area contributed by atoms with Crippen LogP contribution in [-0.2, 0) is 0 Å². The summed E-state index contributed by atoms with van der Waals surface area (Å²) in [6.45, 7) is 1.01. The highest BCUT2D eigenvalue weighted by Crippen LogP contribution is 2.57. The minimum Gasteiger partial charge on any atom is -0.280 e. The molecule has 0 spiro atoms. The summed E-state index contributed by atoms with van der Waals surface area (Å²) in [5.74, 6) is 0.192. The summed E-state index contributed by atoms with van der Waals surface area (Å²) in [5, 5.41) is 5.63. The topological polar surface area (TPSA) is 32.3 Å². The van der Waals surface area contributed by atoms with Crippen LogP contribution in [0.1, 0.15) is 12.8 Å². The Balaban J connectivity index is 2.10. The zero-order valence-electron chi connectivity index (χ0n) is 10.9. The Morgan fingerprint density at radius 2 is 1.42 bits per heavy atom. The molecule has 2 aromatic carbocycles. The van der Waals surface area contributed by atoms with Crippen molar-refractivity contribution in [1.29, 1.82) is 0 Å². The monoisotopic (exact) mass is 272 g/mol. The summed E-state index contributed by atoms with van der Waals surface area (Å²) in [5.41, 5.74) is 0. The van der Waals surface area contributed by atoms with Gasteiger partial charge < -0.3 is 0 Å². The third-order valence-electron chi connectivity index (χ3n) is 3.79. The lowest BCUT2D eigenvalue weighted by atomic mass is 10.4. The highest BCUT2D eigenvalue weighted by Gasteiger charge is 2.50. The maximum absolute atomic E-state index is 11.5. The molecule has 1 atom stereocenters. The predicted octanol–water partition coefficient (Wildman–Crippen LogP) is 2.27. The summed E-state index contributed by atoms with van der Waals surface area (Å²) in [6, 6.07) is 20.3. The Kier molecular flexibility index (Phi) is 3.65. The van der Waals surface area contributed by atoms with E-state index in [1.54, 1.807) is 0 Å². The van der Waals surface area contributed by atoms with E-state index >= 15 is 0 Å². The molecule has 0 aliphatic carbocycles. The van der Waals surface area contributed by atoms with E-state index in [0.29, 0.717) is 0 Å². The Bertz CT molecular complexity index is 483. The van der Waals surface area contributed by atoms with Crippen LogP contribution in [0.15, 0.2) is 60.7 Å². The second-order valence-electron chi connectivity index (χ2n) is 4.97. The van der Waals surface area contributed by atoms with Gasteiger partial charge in [0, 0.05) is 6.42 Å². The molecule has 1 fully saturated rings. The highest BCUT2D eigenvalue weighted by molar-refractivity contribution is 7.85. The van der Waals surface area contributed by atoms with Crippen molar-refractivity contribution in [3.63, 3.8) is 0 Å². The third kappa shape index (κ3) is 2.32. The largest absolute Gasteiger partial charge is 0.280 e. The first kappa shape index (κ1) is 12.8. The number of hydrogen-bond acceptors (Lipinski definition) is 2. The molecule has 2 nitrogen and oxygen atoms in total. The van der Waals surface area contributed by atoms with Crippen LogP contribution >= 0.6 is 7.49 Å². The molecule has 0 saturated carbocycles. The van der Waals surface area contributed by atoms with Crippen LogP contribution in [0.3, 0.4) is 0 Å². The lowest BCUT2D eigenvalue weighted by Gasteiger charge is -2.25. The molecule has 0 aromatic heterocycles. The lowest BCUT2D eigenvalue weighted by Crippen LogP contribution is -2.36. The van der Waals surface area contributed by atoms with E-state index in [2.05, 4.69) is 29.6 Å². The molecule has 1 aliphatic heterocycles. The van der Waals surface area contributed by atoms with Gasteiger partial charge >= 0.3 is 0 Å². The molecular weight excluding hydrogens is 253 g/mol. The minimum absolute atomic E-state index is 0.192. The predicted molar refractivity (Wildman–Crippen MR) is 82.3 cm³/mol. The van der Waals surface area contributed by atoms with Crippen molar-refractivity contribution in [2.45, 2.75) is 18.6 Å². The molecule has 0 radical (unpaired) electrons. The van der Waals surface area contributed by atoms with Gasteiger partial charge in [-0.15, -0.1) is 0 Å². The highest BCUT2D eigenvalue weighted by atomic mass is 31.2. The first-order valence-corrected chi connectivity index (χ1v) is 8.59. The molecule has 3 rings (SSSR count). The van der Waals surface area contributed by atoms with E-state index in [0.717, 1.165) is 30.0 Å². The molecule has 3 heteroatoms. The van der Waals surface area contributed by atoms with E-state index in [4.69, 9.17) is 0 Å². The summed E-state index contributed by atoms with van der Waals surface area (Å²) in [4.78, 5) is 11.5. The second kappa shape index (κ2) is 5.42. The van der Waals surface area contributed by atoms with Crippen LogP contribution in [0.2, 0.25) is 0 Å². The van der Waals surface area contributed by atoms with Crippen molar-refractivity contribution in [2.24, 2.45) is 0 Å². The van der Waals surface area contributed by atoms with Crippen molar-refractivity contribution in [3.05, 3.63) is 60.7 Å². The normalized spacial score (nSPS) is 19.5. The third-order valence-corrected chi connectivity index (χ3v) is 7.30. The first-order chi connectivity index (χ1) is 9.32. The molecular formula is C16H19NOP+. The van der Waals surface area contributed by atoms with Gasteiger partial charge in [-0.3, -0.25) is 5.32 Å². The van der Waals surface area contributed by atoms with E-state index in [9.17, 15) is 4.89 Å². The Hall–Kier alpha value is -1.21. The van der Waals surface area contributed by atoms with Gasteiger partial charge in [0.05, 0.1) is 0 Å². The molecule has 2 N–H and O–H groups in total. The van der Waals surface area contributed by atoms with Crippen LogP contribution in [0.25, 0.3) is 0 Å². The molecule has 1 aliphatic rings. The standard InChI is InChI=1S/C16H19NOP/c18-19(16-12-7-13-17-16,14-8-3-1-4-9-14)15-10-5-2-6-11-15/h1-6,8-11,16-18H,7,12-13H2/q+1/t16-/m1/s1. The van der Waals surface area contributed by atoms with Crippen molar-refractivity contribution >= 4 is 18.1 Å². The number of nitrogens with one attached hydrogen (secondary N) is 1. The Morgan fingerprint density at radius 3 is 1.84 bits per heavy atom. The molecule has 1 heterocycles. The average Bonchev–Trinajstić information content (AvgIpc) is 3.03. The fraction of sp³-hybridized carbons (Fsp3) is 0.250. The summed E-state index contributed by atoms with van der Waals surface area (Å²) < 4.78 is 0. The molecule has 19 heavy (non-hydrogen) atoms. The zero-order chi connectivity index (χ0) is 13.1. The average molecular weight is 272 g/mol. The summed E-state index contributed by atoms with van der Waals surface area (Å²) in [7, 11) is -2.33. The summed E-state index contributed by atoms with van der Waals surface area (Å²) in [6.07, 6.45) is 2.20. The SMILES string of the molecule is O[P+](c1ccccc1)(c1ccccc1)[C@@H]1CCCN1. The molecule has 98 valence electrons. The van der Waals surface area contributed by atoms with Gasteiger partial charge in [-0.2, -0.15) is 0 Å². The molecule has 1 saturated heterocycles. The number of rotatable bonds is 3. The van der Waals surface area contributed by atoms with Crippen LogP contribution in [-0.4, -0.2) is 17.2 Å². The van der Waals surface area contributed by atoms with Crippen molar-refractivity contribution in [2.75, 3.05) is 6.54 Å².